The van der Waals surface area contributed by atoms with Crippen molar-refractivity contribution in [2.45, 2.75) is 65.2 Å². The molecule has 0 heterocycles. The standard InChI is InChI=1S/C25H32/c1-15-12-22-23(25(6,7)11-10-24(22,4)5)14-20(15)16(2)18-8-9-19-17(3)21(19)13-18/h8-9,12-14,17,19,21H,2,10-11H2,1,3-7H3. The molecule has 4 rings (SSSR count). The smallest absolute Gasteiger partial charge is 0.0100 e. The van der Waals surface area contributed by atoms with E-state index < -0.39 is 0 Å². The van der Waals surface area contributed by atoms with Crippen LogP contribution in [0.2, 0.25) is 0 Å². The zero-order valence-corrected chi connectivity index (χ0v) is 16.7. The normalized spacial score (nSPS) is 31.0. The fourth-order valence-corrected chi connectivity index (χ4v) is 4.97. The molecule has 0 N–H and O–H groups in total. The minimum atomic E-state index is 0.250. The second kappa shape index (κ2) is 5.22. The van der Waals surface area contributed by atoms with Crippen LogP contribution < -0.4 is 0 Å². The van der Waals surface area contributed by atoms with E-state index >= 15 is 0 Å². The number of hydrogen-bond acceptors (Lipinski definition) is 0. The minimum absolute atomic E-state index is 0.250. The number of aryl methyl sites for hydroxylation is 1. The van der Waals surface area contributed by atoms with Crippen LogP contribution in [-0.2, 0) is 10.8 Å². The lowest BCUT2D eigenvalue weighted by atomic mass is 9.62. The first kappa shape index (κ1) is 16.9. The summed E-state index contributed by atoms with van der Waals surface area (Å²) in [5.74, 6) is 2.33. The van der Waals surface area contributed by atoms with Gasteiger partial charge in [-0.05, 0) is 81.7 Å². The molecule has 3 aliphatic rings. The van der Waals surface area contributed by atoms with Crippen LogP contribution in [0.3, 0.4) is 0 Å². The van der Waals surface area contributed by atoms with E-state index in [1.165, 1.54) is 40.7 Å². The maximum Gasteiger partial charge on any atom is -0.0100 e. The van der Waals surface area contributed by atoms with Gasteiger partial charge < -0.3 is 0 Å². The van der Waals surface area contributed by atoms with Gasteiger partial charge >= 0.3 is 0 Å². The van der Waals surface area contributed by atoms with E-state index in [0.717, 1.165) is 17.8 Å². The van der Waals surface area contributed by atoms with Gasteiger partial charge in [0.1, 0.15) is 0 Å². The molecule has 0 aromatic heterocycles. The summed E-state index contributed by atoms with van der Waals surface area (Å²) in [5, 5.41) is 0. The third kappa shape index (κ3) is 2.57. The molecule has 1 aromatic carbocycles. The Kier molecular flexibility index (Phi) is 3.53. The number of fused-ring (bicyclic) bond motifs is 2. The number of hydrogen-bond donors (Lipinski definition) is 0. The summed E-state index contributed by atoms with van der Waals surface area (Å²) in [6.07, 6.45) is 9.69. The maximum atomic E-state index is 4.50. The van der Waals surface area contributed by atoms with Crippen LogP contribution in [-0.4, -0.2) is 0 Å². The Morgan fingerprint density at radius 2 is 1.60 bits per heavy atom. The molecular formula is C25H32. The minimum Gasteiger partial charge on any atom is -0.0906 e. The predicted octanol–water partition coefficient (Wildman–Crippen LogP) is 6.74. The van der Waals surface area contributed by atoms with Crippen molar-refractivity contribution in [2.24, 2.45) is 17.8 Å². The lowest BCUT2D eigenvalue weighted by Gasteiger charge is -2.42. The summed E-state index contributed by atoms with van der Waals surface area (Å²) in [7, 11) is 0. The topological polar surface area (TPSA) is 0 Å². The van der Waals surface area contributed by atoms with Crippen LogP contribution in [0.5, 0.6) is 0 Å². The number of allylic oxidation sites excluding steroid dienone is 5. The van der Waals surface area contributed by atoms with E-state index in [-0.39, 0.29) is 10.8 Å². The Labute approximate surface area is 153 Å². The summed E-state index contributed by atoms with van der Waals surface area (Å²) in [6, 6.07) is 4.91. The largest absolute Gasteiger partial charge is 0.0906 e. The van der Waals surface area contributed by atoms with E-state index in [1.807, 2.05) is 0 Å². The van der Waals surface area contributed by atoms with Crippen molar-refractivity contribution in [3.8, 4) is 0 Å². The molecule has 3 unspecified atom stereocenters. The van der Waals surface area contributed by atoms with E-state index in [9.17, 15) is 0 Å². The fourth-order valence-electron chi connectivity index (χ4n) is 4.97. The van der Waals surface area contributed by atoms with Crippen LogP contribution in [0, 0.1) is 24.7 Å². The third-order valence-corrected chi connectivity index (χ3v) is 7.26. The molecule has 1 saturated carbocycles. The first-order valence-electron chi connectivity index (χ1n) is 9.87. The van der Waals surface area contributed by atoms with Gasteiger partial charge in [0.2, 0.25) is 0 Å². The van der Waals surface area contributed by atoms with Crippen LogP contribution in [0.1, 0.15) is 69.7 Å². The molecule has 0 aliphatic heterocycles. The monoisotopic (exact) mass is 332 g/mol. The van der Waals surface area contributed by atoms with Crippen molar-refractivity contribution in [2.75, 3.05) is 0 Å². The van der Waals surface area contributed by atoms with Gasteiger partial charge in [-0.1, -0.05) is 71.6 Å². The highest BCUT2D eigenvalue weighted by atomic mass is 14.5. The number of benzene rings is 1. The van der Waals surface area contributed by atoms with Gasteiger partial charge in [-0.2, -0.15) is 0 Å². The molecule has 0 bridgehead atoms. The Morgan fingerprint density at radius 3 is 2.20 bits per heavy atom. The average Bonchev–Trinajstić information content (AvgIpc) is 3.21. The highest BCUT2D eigenvalue weighted by Gasteiger charge is 2.44. The van der Waals surface area contributed by atoms with Gasteiger partial charge in [0.15, 0.2) is 0 Å². The molecule has 25 heavy (non-hydrogen) atoms. The van der Waals surface area contributed by atoms with Crippen LogP contribution in [0.15, 0.2) is 42.5 Å². The molecule has 1 fully saturated rings. The van der Waals surface area contributed by atoms with Crippen molar-refractivity contribution in [1.29, 1.82) is 0 Å². The van der Waals surface area contributed by atoms with Crippen molar-refractivity contribution in [1.82, 2.24) is 0 Å². The molecule has 3 aliphatic carbocycles. The Morgan fingerprint density at radius 1 is 1.00 bits per heavy atom. The SMILES string of the molecule is C=C(C1=CC2C(C)C2C=C1)c1cc2c(cc1C)C(C)(C)CCC2(C)C. The van der Waals surface area contributed by atoms with E-state index in [4.69, 9.17) is 0 Å². The van der Waals surface area contributed by atoms with Crippen molar-refractivity contribution >= 4 is 5.57 Å². The van der Waals surface area contributed by atoms with Gasteiger partial charge in [0.25, 0.3) is 0 Å². The zero-order valence-electron chi connectivity index (χ0n) is 16.7. The first-order valence-corrected chi connectivity index (χ1v) is 9.87. The molecule has 0 spiro atoms. The Balaban J connectivity index is 1.78. The molecule has 0 amide bonds. The lowest BCUT2D eigenvalue weighted by molar-refractivity contribution is 0.331. The van der Waals surface area contributed by atoms with Crippen LogP contribution in [0.4, 0.5) is 0 Å². The Bertz CT molecular complexity index is 813. The third-order valence-electron chi connectivity index (χ3n) is 7.26. The summed E-state index contributed by atoms with van der Waals surface area (Å²) in [6.45, 7) is 18.7. The fraction of sp³-hybridized carbons (Fsp3) is 0.520. The highest BCUT2D eigenvalue weighted by Crippen LogP contribution is 2.52. The van der Waals surface area contributed by atoms with Crippen molar-refractivity contribution in [3.63, 3.8) is 0 Å². The quantitative estimate of drug-likeness (QED) is 0.563. The summed E-state index contributed by atoms with van der Waals surface area (Å²) in [4.78, 5) is 0. The van der Waals surface area contributed by atoms with Gasteiger partial charge in [0.05, 0.1) is 0 Å². The van der Waals surface area contributed by atoms with Gasteiger partial charge in [-0.25, -0.2) is 0 Å². The summed E-state index contributed by atoms with van der Waals surface area (Å²) >= 11 is 0. The zero-order chi connectivity index (χ0) is 18.1. The predicted molar refractivity (Wildman–Crippen MR) is 109 cm³/mol. The molecule has 132 valence electrons. The molecular weight excluding hydrogens is 300 g/mol. The van der Waals surface area contributed by atoms with Gasteiger partial charge in [-0.3, -0.25) is 0 Å². The second-order valence-electron chi connectivity index (χ2n) is 9.95. The summed E-state index contributed by atoms with van der Waals surface area (Å²) in [5.41, 5.74) is 8.85. The van der Waals surface area contributed by atoms with E-state index in [2.05, 4.69) is 78.5 Å². The van der Waals surface area contributed by atoms with Crippen molar-refractivity contribution in [3.05, 3.63) is 64.8 Å². The molecule has 0 saturated heterocycles. The highest BCUT2D eigenvalue weighted by molar-refractivity contribution is 5.83. The second-order valence-corrected chi connectivity index (χ2v) is 9.95. The van der Waals surface area contributed by atoms with Crippen molar-refractivity contribution < 1.29 is 0 Å². The number of rotatable bonds is 2. The average molecular weight is 333 g/mol. The molecule has 3 atom stereocenters. The van der Waals surface area contributed by atoms with Crippen LogP contribution >= 0.6 is 0 Å². The summed E-state index contributed by atoms with van der Waals surface area (Å²) < 4.78 is 0. The molecule has 0 heteroatoms. The van der Waals surface area contributed by atoms with Gasteiger partial charge in [-0.15, -0.1) is 0 Å². The van der Waals surface area contributed by atoms with E-state index in [1.54, 1.807) is 5.56 Å². The lowest BCUT2D eigenvalue weighted by Crippen LogP contribution is -2.34. The maximum absolute atomic E-state index is 4.50. The molecule has 1 aromatic rings. The molecule has 0 radical (unpaired) electrons. The molecule has 0 nitrogen and oxygen atoms in total. The van der Waals surface area contributed by atoms with Gasteiger partial charge in [0, 0.05) is 0 Å². The first-order chi connectivity index (χ1) is 11.6. The van der Waals surface area contributed by atoms with Crippen LogP contribution in [0.25, 0.3) is 5.57 Å². The van der Waals surface area contributed by atoms with E-state index in [0.29, 0.717) is 0 Å². The Hall–Kier alpha value is -1.56.